The van der Waals surface area contributed by atoms with Gasteiger partial charge in [0, 0.05) is 18.8 Å². The normalized spacial score (nSPS) is 11.6. The Morgan fingerprint density at radius 1 is 1.29 bits per heavy atom. The van der Waals surface area contributed by atoms with Gasteiger partial charge >= 0.3 is 0 Å². The number of nitrogens with zero attached hydrogens (tertiary/aromatic N) is 4. The van der Waals surface area contributed by atoms with Crippen LogP contribution >= 0.6 is 11.8 Å². The summed E-state index contributed by atoms with van der Waals surface area (Å²) >= 11 is 1.24. The van der Waals surface area contributed by atoms with E-state index in [0.29, 0.717) is 29.1 Å². The number of nitriles is 1. The first-order valence-electron chi connectivity index (χ1n) is 9.98. The number of anilines is 1. The zero-order chi connectivity index (χ0) is 22.4. The van der Waals surface area contributed by atoms with Gasteiger partial charge in [0.1, 0.15) is 0 Å². The van der Waals surface area contributed by atoms with E-state index in [9.17, 15) is 9.59 Å². The second-order valence-corrected chi connectivity index (χ2v) is 8.42. The fourth-order valence-corrected chi connectivity index (χ4v) is 4.19. The average molecular weight is 433 g/mol. The number of thioether (sulfide) groups is 1. The van der Waals surface area contributed by atoms with Crippen molar-refractivity contribution >= 4 is 34.3 Å². The number of amides is 1. The summed E-state index contributed by atoms with van der Waals surface area (Å²) in [5.41, 5.74) is 2.27. The van der Waals surface area contributed by atoms with Crippen LogP contribution < -0.4 is 10.5 Å². The Morgan fingerprint density at radius 2 is 2.00 bits per heavy atom. The molecular weight excluding hydrogens is 408 g/mol. The fraction of sp³-hybridized carbons (Fsp3) is 0.250. The molecular formula is C24H24N4O2S. The van der Waals surface area contributed by atoms with E-state index in [0.717, 1.165) is 11.3 Å². The van der Waals surface area contributed by atoms with Crippen LogP contribution in [0.5, 0.6) is 0 Å². The first kappa shape index (κ1) is 22.3. The topological polar surface area (TPSA) is 79.0 Å². The molecule has 7 heteroatoms. The zero-order valence-electron chi connectivity index (χ0n) is 17.6. The van der Waals surface area contributed by atoms with Crippen molar-refractivity contribution in [1.82, 2.24) is 9.55 Å². The van der Waals surface area contributed by atoms with Gasteiger partial charge in [-0.1, -0.05) is 47.7 Å². The van der Waals surface area contributed by atoms with Crippen molar-refractivity contribution in [1.29, 1.82) is 5.26 Å². The molecule has 31 heavy (non-hydrogen) atoms. The zero-order valence-corrected chi connectivity index (χ0v) is 18.4. The molecule has 1 unspecified atom stereocenters. The number of hydrogen-bond acceptors (Lipinski definition) is 5. The van der Waals surface area contributed by atoms with Crippen molar-refractivity contribution in [3.05, 3.63) is 77.1 Å². The predicted molar refractivity (Wildman–Crippen MR) is 125 cm³/mol. The van der Waals surface area contributed by atoms with E-state index in [1.807, 2.05) is 37.3 Å². The fourth-order valence-electron chi connectivity index (χ4n) is 3.21. The van der Waals surface area contributed by atoms with Crippen LogP contribution in [0.2, 0.25) is 0 Å². The lowest BCUT2D eigenvalue weighted by atomic mass is 10.2. The molecule has 1 atom stereocenters. The van der Waals surface area contributed by atoms with Crippen LogP contribution in [0.25, 0.3) is 10.9 Å². The summed E-state index contributed by atoms with van der Waals surface area (Å²) in [7, 11) is 0. The van der Waals surface area contributed by atoms with Crippen LogP contribution in [-0.4, -0.2) is 27.3 Å². The maximum absolute atomic E-state index is 13.3. The van der Waals surface area contributed by atoms with Gasteiger partial charge in [0.25, 0.3) is 5.56 Å². The Bertz CT molecular complexity index is 1190. The Balaban J connectivity index is 1.94. The number of allylic oxidation sites excluding steroid dienone is 1. The molecule has 0 saturated heterocycles. The first-order valence-corrected chi connectivity index (χ1v) is 10.9. The van der Waals surface area contributed by atoms with Gasteiger partial charge in [-0.3, -0.25) is 14.2 Å². The molecule has 0 aliphatic carbocycles. The van der Waals surface area contributed by atoms with E-state index in [2.05, 4.69) is 17.6 Å². The van der Waals surface area contributed by atoms with Crippen LogP contribution in [0.3, 0.4) is 0 Å². The highest BCUT2D eigenvalue weighted by Gasteiger charge is 2.25. The molecule has 0 fully saturated rings. The minimum atomic E-state index is -0.510. The molecule has 3 rings (SSSR count). The molecule has 2 aromatic carbocycles. The van der Waals surface area contributed by atoms with Gasteiger partial charge in [0.05, 0.1) is 28.6 Å². The van der Waals surface area contributed by atoms with Crippen molar-refractivity contribution in [3.63, 3.8) is 0 Å². The minimum Gasteiger partial charge on any atom is -0.310 e. The summed E-state index contributed by atoms with van der Waals surface area (Å²) in [5.74, 6) is -0.142. The summed E-state index contributed by atoms with van der Waals surface area (Å²) in [6.45, 7) is 8.11. The molecule has 3 aromatic rings. The maximum atomic E-state index is 13.3. The number of carbonyl (C=O) groups is 1. The van der Waals surface area contributed by atoms with Crippen molar-refractivity contribution in [3.8, 4) is 6.07 Å². The highest BCUT2D eigenvalue weighted by atomic mass is 32.2. The maximum Gasteiger partial charge on any atom is 0.262 e. The third-order valence-corrected chi connectivity index (χ3v) is 5.90. The molecule has 0 bridgehead atoms. The Labute approximate surface area is 185 Å². The third-order valence-electron chi connectivity index (χ3n) is 4.83. The quantitative estimate of drug-likeness (QED) is 0.301. The van der Waals surface area contributed by atoms with Crippen LogP contribution in [0.1, 0.15) is 18.9 Å². The number of para-hydroxylation sites is 1. The number of carbonyl (C=O) groups excluding carboxylic acids is 1. The number of aromatic nitrogens is 2. The van der Waals surface area contributed by atoms with E-state index < -0.39 is 5.25 Å². The number of rotatable bonds is 8. The molecule has 0 spiro atoms. The van der Waals surface area contributed by atoms with Gasteiger partial charge in [-0.05, 0) is 38.1 Å². The Hall–Kier alpha value is -3.37. The van der Waals surface area contributed by atoms with Gasteiger partial charge in [-0.25, -0.2) is 4.98 Å². The van der Waals surface area contributed by atoms with Gasteiger partial charge in [0.15, 0.2) is 5.16 Å². The van der Waals surface area contributed by atoms with Crippen molar-refractivity contribution in [2.24, 2.45) is 0 Å². The summed E-state index contributed by atoms with van der Waals surface area (Å²) in [4.78, 5) is 32.5. The third kappa shape index (κ3) is 5.04. The number of fused-ring (bicyclic) bond motifs is 1. The van der Waals surface area contributed by atoms with Crippen LogP contribution in [-0.2, 0) is 11.3 Å². The largest absolute Gasteiger partial charge is 0.310 e. The van der Waals surface area contributed by atoms with Crippen molar-refractivity contribution in [2.75, 3.05) is 11.4 Å². The standard InChI is InChI=1S/C24H24N4O2S/c1-4-15-28-23(30)20-8-5-6-9-21(20)26-24(28)31-18(3)22(29)27(16-7-14-25)19-12-10-17(2)11-13-19/h4-6,8-13,18H,1,7,15-16H2,2-3H3. The van der Waals surface area contributed by atoms with Gasteiger partial charge in [-0.15, -0.1) is 6.58 Å². The minimum absolute atomic E-state index is 0.142. The predicted octanol–water partition coefficient (Wildman–Crippen LogP) is 4.32. The molecule has 0 N–H and O–H groups in total. The van der Waals surface area contributed by atoms with Crippen molar-refractivity contribution < 1.29 is 4.79 Å². The Kier molecular flexibility index (Phi) is 7.27. The second kappa shape index (κ2) is 10.1. The monoisotopic (exact) mass is 432 g/mol. The van der Waals surface area contributed by atoms with E-state index in [1.165, 1.54) is 16.3 Å². The van der Waals surface area contributed by atoms with Gasteiger partial charge < -0.3 is 4.90 Å². The van der Waals surface area contributed by atoms with Crippen LogP contribution in [0.15, 0.2) is 71.1 Å². The molecule has 158 valence electrons. The number of hydrogen-bond donors (Lipinski definition) is 0. The SMILES string of the molecule is C=CCn1c(SC(C)C(=O)N(CCC#N)c2ccc(C)cc2)nc2ccccc2c1=O. The van der Waals surface area contributed by atoms with Crippen molar-refractivity contribution in [2.45, 2.75) is 37.2 Å². The lowest BCUT2D eigenvalue weighted by molar-refractivity contribution is -0.117. The molecule has 1 aromatic heterocycles. The summed E-state index contributed by atoms with van der Waals surface area (Å²) in [5, 5.41) is 9.52. The molecule has 1 amide bonds. The van der Waals surface area contributed by atoms with Crippen LogP contribution in [0, 0.1) is 18.3 Å². The lowest BCUT2D eigenvalue weighted by Crippen LogP contribution is -2.37. The van der Waals surface area contributed by atoms with E-state index in [-0.39, 0.29) is 17.9 Å². The molecule has 0 aliphatic rings. The molecule has 0 radical (unpaired) electrons. The molecule has 0 aliphatic heterocycles. The summed E-state index contributed by atoms with van der Waals surface area (Å²) in [6, 6.07) is 16.9. The molecule has 1 heterocycles. The Morgan fingerprint density at radius 3 is 2.68 bits per heavy atom. The number of benzene rings is 2. The van der Waals surface area contributed by atoms with Gasteiger partial charge in [0.2, 0.25) is 5.91 Å². The van der Waals surface area contributed by atoms with Crippen LogP contribution in [0.4, 0.5) is 5.69 Å². The van der Waals surface area contributed by atoms with E-state index >= 15 is 0 Å². The molecule has 6 nitrogen and oxygen atoms in total. The average Bonchev–Trinajstić information content (AvgIpc) is 2.77. The second-order valence-electron chi connectivity index (χ2n) is 7.11. The lowest BCUT2D eigenvalue weighted by Gasteiger charge is -2.25. The first-order chi connectivity index (χ1) is 15.0. The smallest absolute Gasteiger partial charge is 0.262 e. The number of aryl methyl sites for hydroxylation is 1. The highest BCUT2D eigenvalue weighted by Crippen LogP contribution is 2.26. The highest BCUT2D eigenvalue weighted by molar-refractivity contribution is 8.00. The van der Waals surface area contributed by atoms with E-state index in [4.69, 9.17) is 5.26 Å². The molecule has 0 saturated carbocycles. The summed E-state index contributed by atoms with van der Waals surface area (Å²) in [6.07, 6.45) is 1.87. The van der Waals surface area contributed by atoms with Gasteiger partial charge in [-0.2, -0.15) is 5.26 Å². The van der Waals surface area contributed by atoms with E-state index in [1.54, 1.807) is 36.1 Å². The summed E-state index contributed by atoms with van der Waals surface area (Å²) < 4.78 is 1.54.